The molecule has 0 radical (unpaired) electrons. The van der Waals surface area contributed by atoms with Gasteiger partial charge in [0.05, 0.1) is 26.0 Å². The first-order chi connectivity index (χ1) is 16.6. The molecule has 0 amide bonds. The molecule has 0 saturated carbocycles. The van der Waals surface area contributed by atoms with E-state index >= 15 is 0 Å². The summed E-state index contributed by atoms with van der Waals surface area (Å²) in [5.41, 5.74) is 2.40. The van der Waals surface area contributed by atoms with Gasteiger partial charge in [0, 0.05) is 42.3 Å². The van der Waals surface area contributed by atoms with Crippen LogP contribution < -0.4 is 10.1 Å². The van der Waals surface area contributed by atoms with Crippen LogP contribution >= 0.6 is 0 Å². The van der Waals surface area contributed by atoms with Crippen molar-refractivity contribution in [2.75, 3.05) is 32.2 Å². The lowest BCUT2D eigenvalue weighted by Crippen LogP contribution is -2.42. The van der Waals surface area contributed by atoms with Gasteiger partial charge in [0.25, 0.3) is 11.6 Å². The molecule has 0 spiro atoms. The van der Waals surface area contributed by atoms with Crippen molar-refractivity contribution < 1.29 is 28.3 Å². The van der Waals surface area contributed by atoms with Gasteiger partial charge in [-0.3, -0.25) is 0 Å². The van der Waals surface area contributed by atoms with Crippen LogP contribution in [0.1, 0.15) is 30.2 Å². The second-order valence-corrected chi connectivity index (χ2v) is 7.74. The molecule has 3 aliphatic rings. The number of anilines is 1. The topological polar surface area (TPSA) is 117 Å². The van der Waals surface area contributed by atoms with Crippen molar-refractivity contribution in [3.05, 3.63) is 59.3 Å². The van der Waals surface area contributed by atoms with Crippen molar-refractivity contribution in [1.82, 2.24) is 5.16 Å². The fraction of sp³-hybridized carbons (Fsp3) is 0.333. The lowest BCUT2D eigenvalue weighted by Gasteiger charge is -2.24. The maximum Gasteiger partial charge on any atom is 0.359 e. The Labute approximate surface area is 195 Å². The third kappa shape index (κ3) is 3.81. The second-order valence-electron chi connectivity index (χ2n) is 7.74. The molecule has 176 valence electrons. The molecule has 0 bridgehead atoms. The third-order valence-corrected chi connectivity index (χ3v) is 5.75. The lowest BCUT2D eigenvalue weighted by molar-refractivity contribution is -0.162. The molecular formula is C24H24N4O6. The Hall–Kier alpha value is -4.08. The predicted octanol–water partition coefficient (Wildman–Crippen LogP) is 3.21. The van der Waals surface area contributed by atoms with Crippen LogP contribution in [0.15, 0.2) is 57.0 Å². The molecule has 0 fully saturated rings. The highest BCUT2D eigenvalue weighted by Crippen LogP contribution is 2.40. The largest absolute Gasteiger partial charge is 0.493 e. The van der Waals surface area contributed by atoms with Crippen LogP contribution in [0.2, 0.25) is 0 Å². The van der Waals surface area contributed by atoms with Crippen molar-refractivity contribution in [1.29, 1.82) is 0 Å². The van der Waals surface area contributed by atoms with Crippen LogP contribution in [0.3, 0.4) is 0 Å². The first-order valence-corrected chi connectivity index (χ1v) is 11.0. The van der Waals surface area contributed by atoms with E-state index in [0.29, 0.717) is 24.6 Å². The number of aromatic nitrogens is 1. The number of rotatable bonds is 6. The van der Waals surface area contributed by atoms with Gasteiger partial charge in [-0.1, -0.05) is 11.2 Å². The Kier molecular flexibility index (Phi) is 5.79. The molecular weight excluding hydrogens is 440 g/mol. The minimum absolute atomic E-state index is 0.00577. The molecule has 1 unspecified atom stereocenters. The first kappa shape index (κ1) is 21.7. The molecule has 1 N–H and O–H groups in total. The smallest absolute Gasteiger partial charge is 0.359 e. The van der Waals surface area contributed by atoms with E-state index in [-0.39, 0.29) is 19.2 Å². The van der Waals surface area contributed by atoms with Gasteiger partial charge in [-0.25, -0.2) is 14.8 Å². The van der Waals surface area contributed by atoms with Crippen molar-refractivity contribution in [2.24, 2.45) is 9.98 Å². The Morgan fingerprint density at radius 2 is 2.21 bits per heavy atom. The van der Waals surface area contributed by atoms with Crippen LogP contribution in [-0.4, -0.2) is 50.2 Å². The van der Waals surface area contributed by atoms with Crippen LogP contribution in [-0.2, 0) is 31.0 Å². The molecule has 2 aromatic rings. The highest BCUT2D eigenvalue weighted by molar-refractivity contribution is 5.99. The molecule has 5 rings (SSSR count). The zero-order valence-corrected chi connectivity index (χ0v) is 18.9. The Bertz CT molecular complexity index is 1210. The van der Waals surface area contributed by atoms with Gasteiger partial charge in [0.15, 0.2) is 0 Å². The zero-order chi connectivity index (χ0) is 23.5. The number of aliphatic imine (C=N–C) groups is 2. The minimum atomic E-state index is -1.52. The van der Waals surface area contributed by atoms with Gasteiger partial charge in [-0.2, -0.15) is 0 Å². The summed E-state index contributed by atoms with van der Waals surface area (Å²) in [6, 6.07) is 5.67. The molecule has 0 saturated heterocycles. The van der Waals surface area contributed by atoms with E-state index in [1.165, 1.54) is 6.26 Å². The summed E-state index contributed by atoms with van der Waals surface area (Å²) in [5, 5.41) is 7.23. The van der Waals surface area contributed by atoms with Crippen molar-refractivity contribution in [2.45, 2.75) is 25.4 Å². The number of carbonyl (C=O) groups excluding carboxylic acids is 1. The van der Waals surface area contributed by atoms with E-state index in [0.717, 1.165) is 34.6 Å². The van der Waals surface area contributed by atoms with E-state index < -0.39 is 11.6 Å². The number of nitrogens with zero attached hydrogens (tertiary/aromatic N) is 3. The van der Waals surface area contributed by atoms with E-state index in [2.05, 4.69) is 26.5 Å². The van der Waals surface area contributed by atoms with Gasteiger partial charge in [-0.15, -0.1) is 0 Å². The summed E-state index contributed by atoms with van der Waals surface area (Å²) in [5.74, 6) is 0.718. The van der Waals surface area contributed by atoms with E-state index in [1.807, 2.05) is 18.2 Å². The Balaban J connectivity index is 1.50. The molecule has 0 aliphatic carbocycles. The molecule has 10 nitrogen and oxygen atoms in total. The van der Waals surface area contributed by atoms with E-state index in [9.17, 15) is 4.79 Å². The molecule has 10 heteroatoms. The number of fused-ring (bicyclic) bond motifs is 1. The number of amidine groups is 1. The molecule has 3 aliphatic heterocycles. The molecule has 34 heavy (non-hydrogen) atoms. The summed E-state index contributed by atoms with van der Waals surface area (Å²) in [6.07, 6.45) is 8.49. The fourth-order valence-corrected chi connectivity index (χ4v) is 4.11. The summed E-state index contributed by atoms with van der Waals surface area (Å²) >= 11 is 0. The summed E-state index contributed by atoms with van der Waals surface area (Å²) in [4.78, 5) is 21.7. The van der Waals surface area contributed by atoms with E-state index in [4.69, 9.17) is 23.5 Å². The first-order valence-electron chi connectivity index (χ1n) is 11.0. The standard InChI is InChI=1S/C24H24N4O6/c1-3-31-22(29)24(19-9-12-33-28-19)14-26-23(34-24)27-21-16(6-7-18-17(21)8-11-32-18)15-5-4-10-25-20(13-15)30-2/h5-7,9-10,12-13H,3-4,8,11,14H2,1-2H3,(H,26,27). The number of esters is 1. The molecule has 1 aromatic carbocycles. The lowest BCUT2D eigenvalue weighted by atomic mass is 9.97. The van der Waals surface area contributed by atoms with Crippen molar-refractivity contribution in [3.63, 3.8) is 0 Å². The summed E-state index contributed by atoms with van der Waals surface area (Å²) in [7, 11) is 1.59. The number of methoxy groups -OCH3 is 1. The van der Waals surface area contributed by atoms with Gasteiger partial charge in [0.2, 0.25) is 5.88 Å². The average molecular weight is 464 g/mol. The molecule has 1 atom stereocenters. The Morgan fingerprint density at radius 1 is 1.29 bits per heavy atom. The average Bonchev–Trinajstić information content (AvgIpc) is 3.59. The summed E-state index contributed by atoms with van der Waals surface area (Å²) in [6.45, 7) is 2.51. The van der Waals surface area contributed by atoms with Crippen LogP contribution in [0.4, 0.5) is 5.69 Å². The highest BCUT2D eigenvalue weighted by atomic mass is 16.6. The third-order valence-electron chi connectivity index (χ3n) is 5.75. The number of benzene rings is 1. The normalized spacial score (nSPS) is 20.8. The number of nitrogens with one attached hydrogen (secondary N) is 1. The minimum Gasteiger partial charge on any atom is -0.493 e. The highest BCUT2D eigenvalue weighted by Gasteiger charge is 2.51. The SMILES string of the molecule is CCOC(=O)C1(c2ccon2)CN=C(Nc2c(C3=CCC=NC(OC)=C3)ccc3c2CCO3)O1. The van der Waals surface area contributed by atoms with Crippen molar-refractivity contribution >= 4 is 29.5 Å². The zero-order valence-electron chi connectivity index (χ0n) is 18.9. The number of ether oxygens (including phenoxy) is 4. The maximum absolute atomic E-state index is 12.9. The van der Waals surface area contributed by atoms with Gasteiger partial charge >= 0.3 is 5.97 Å². The van der Waals surface area contributed by atoms with Crippen LogP contribution in [0.5, 0.6) is 5.75 Å². The Morgan fingerprint density at radius 3 is 3.00 bits per heavy atom. The molecule has 1 aromatic heterocycles. The fourth-order valence-electron chi connectivity index (χ4n) is 4.11. The van der Waals surface area contributed by atoms with E-state index in [1.54, 1.807) is 26.3 Å². The van der Waals surface area contributed by atoms with Gasteiger partial charge in [-0.05, 0) is 24.6 Å². The van der Waals surface area contributed by atoms with Crippen LogP contribution in [0.25, 0.3) is 5.57 Å². The monoisotopic (exact) mass is 464 g/mol. The maximum atomic E-state index is 12.9. The number of hydrogen-bond acceptors (Lipinski definition) is 10. The number of carbonyl (C=O) groups is 1. The quantitative estimate of drug-likeness (QED) is 0.648. The predicted molar refractivity (Wildman–Crippen MR) is 124 cm³/mol. The van der Waals surface area contributed by atoms with Gasteiger partial charge < -0.3 is 28.8 Å². The molecule has 4 heterocycles. The second kappa shape index (κ2) is 9.05. The number of hydrogen-bond donors (Lipinski definition) is 1. The van der Waals surface area contributed by atoms with Crippen molar-refractivity contribution in [3.8, 4) is 5.75 Å². The summed E-state index contributed by atoms with van der Waals surface area (Å²) < 4.78 is 27.5. The van der Waals surface area contributed by atoms with Gasteiger partial charge in [0.1, 0.15) is 24.3 Å². The number of allylic oxidation sites excluding steroid dienone is 3. The van der Waals surface area contributed by atoms with Crippen LogP contribution in [0, 0.1) is 0 Å².